The van der Waals surface area contributed by atoms with Crippen LogP contribution in [-0.4, -0.2) is 5.91 Å². The normalized spacial score (nSPS) is 10.2. The van der Waals surface area contributed by atoms with Gasteiger partial charge in [0.15, 0.2) is 12.4 Å². The standard InChI is InChI=1S/C18H30N2O.BrH/c1-2-3-4-5-6-7-8-9-10-11-14-20-15-12-17(13-16-20)18(19)21;/h12-13,15-16H,2-11,14H2,1H3,(H-,19,21);1H. The Hall–Kier alpha value is -0.900. The van der Waals surface area contributed by atoms with Gasteiger partial charge in [0.25, 0.3) is 0 Å². The fraction of sp³-hybridized carbons (Fsp3) is 0.667. The molecule has 0 aliphatic carbocycles. The van der Waals surface area contributed by atoms with Crippen molar-refractivity contribution in [1.29, 1.82) is 0 Å². The minimum atomic E-state index is -0.360. The van der Waals surface area contributed by atoms with Crippen molar-refractivity contribution in [3.05, 3.63) is 30.1 Å². The highest BCUT2D eigenvalue weighted by molar-refractivity contribution is 5.92. The summed E-state index contributed by atoms with van der Waals surface area (Å²) in [6.45, 7) is 3.29. The number of rotatable bonds is 12. The molecule has 3 nitrogen and oxygen atoms in total. The van der Waals surface area contributed by atoms with Crippen LogP contribution < -0.4 is 27.3 Å². The molecule has 1 amide bonds. The Morgan fingerprint density at radius 2 is 1.36 bits per heavy atom. The van der Waals surface area contributed by atoms with Gasteiger partial charge >= 0.3 is 0 Å². The second-order valence-corrected chi connectivity index (χ2v) is 5.87. The predicted molar refractivity (Wildman–Crippen MR) is 87.0 cm³/mol. The first kappa shape index (κ1) is 21.1. The molecule has 0 radical (unpaired) electrons. The lowest BCUT2D eigenvalue weighted by atomic mass is 10.1. The molecular weight excluding hydrogens is 340 g/mol. The molecule has 1 aromatic heterocycles. The number of hydrogen-bond acceptors (Lipinski definition) is 1. The number of nitrogens with zero attached hydrogens (tertiary/aromatic N) is 1. The van der Waals surface area contributed by atoms with Gasteiger partial charge in [-0.05, 0) is 6.42 Å². The minimum Gasteiger partial charge on any atom is -1.00 e. The average molecular weight is 371 g/mol. The van der Waals surface area contributed by atoms with Gasteiger partial charge in [-0.25, -0.2) is 4.57 Å². The van der Waals surface area contributed by atoms with E-state index in [4.69, 9.17) is 5.73 Å². The van der Waals surface area contributed by atoms with E-state index in [2.05, 4.69) is 11.5 Å². The van der Waals surface area contributed by atoms with E-state index in [0.29, 0.717) is 5.56 Å². The van der Waals surface area contributed by atoms with Gasteiger partial charge < -0.3 is 22.7 Å². The first-order chi connectivity index (χ1) is 10.2. The molecule has 0 aromatic carbocycles. The summed E-state index contributed by atoms with van der Waals surface area (Å²) in [6.07, 6.45) is 17.4. The van der Waals surface area contributed by atoms with E-state index in [1.807, 2.05) is 12.4 Å². The van der Waals surface area contributed by atoms with Crippen LogP contribution in [0.3, 0.4) is 0 Å². The van der Waals surface area contributed by atoms with Crippen LogP contribution in [0, 0.1) is 0 Å². The molecule has 4 heteroatoms. The third-order valence-corrected chi connectivity index (χ3v) is 3.95. The van der Waals surface area contributed by atoms with E-state index in [0.717, 1.165) is 6.54 Å². The van der Waals surface area contributed by atoms with Crippen LogP contribution in [0.5, 0.6) is 0 Å². The Balaban J connectivity index is 0.00000441. The molecule has 126 valence electrons. The maximum Gasteiger partial charge on any atom is 0.249 e. The van der Waals surface area contributed by atoms with Gasteiger partial charge in [-0.3, -0.25) is 4.79 Å². The van der Waals surface area contributed by atoms with Crippen LogP contribution in [0.1, 0.15) is 81.5 Å². The maximum atomic E-state index is 11.0. The Morgan fingerprint density at radius 3 is 1.82 bits per heavy atom. The molecule has 1 heterocycles. The van der Waals surface area contributed by atoms with Gasteiger partial charge in [0, 0.05) is 18.6 Å². The zero-order valence-corrected chi connectivity index (χ0v) is 15.5. The number of nitrogens with two attached hydrogens (primary N) is 1. The summed E-state index contributed by atoms with van der Waals surface area (Å²) < 4.78 is 2.12. The first-order valence-electron chi connectivity index (χ1n) is 8.53. The summed E-state index contributed by atoms with van der Waals surface area (Å²) in [5.41, 5.74) is 5.80. The largest absolute Gasteiger partial charge is 1.00 e. The number of primary amides is 1. The van der Waals surface area contributed by atoms with Crippen LogP contribution in [0.4, 0.5) is 0 Å². The predicted octanol–water partition coefficient (Wildman–Crippen LogP) is 0.998. The zero-order valence-electron chi connectivity index (χ0n) is 13.9. The summed E-state index contributed by atoms with van der Waals surface area (Å²) in [6, 6.07) is 3.58. The van der Waals surface area contributed by atoms with Crippen molar-refractivity contribution >= 4 is 5.91 Å². The van der Waals surface area contributed by atoms with Crippen molar-refractivity contribution in [2.24, 2.45) is 5.73 Å². The van der Waals surface area contributed by atoms with Gasteiger partial charge in [0.05, 0.1) is 5.56 Å². The molecule has 0 fully saturated rings. The lowest BCUT2D eigenvalue weighted by Gasteiger charge is -2.01. The number of hydrogen-bond donors (Lipinski definition) is 1. The number of aryl methyl sites for hydroxylation is 1. The lowest BCUT2D eigenvalue weighted by Crippen LogP contribution is -3.00. The SMILES string of the molecule is CCCCCCCCCCCC[n+]1ccc(C(N)=O)cc1.[Br-]. The smallest absolute Gasteiger partial charge is 0.249 e. The van der Waals surface area contributed by atoms with Crippen LogP contribution in [0.15, 0.2) is 24.5 Å². The van der Waals surface area contributed by atoms with Gasteiger partial charge in [0.2, 0.25) is 5.91 Å². The topological polar surface area (TPSA) is 47.0 Å². The van der Waals surface area contributed by atoms with E-state index in [-0.39, 0.29) is 22.9 Å². The number of aromatic nitrogens is 1. The molecule has 0 aliphatic rings. The Morgan fingerprint density at radius 1 is 0.909 bits per heavy atom. The minimum absolute atomic E-state index is 0. The summed E-state index contributed by atoms with van der Waals surface area (Å²) in [5.74, 6) is -0.360. The third kappa shape index (κ3) is 9.93. The zero-order chi connectivity index (χ0) is 15.3. The monoisotopic (exact) mass is 370 g/mol. The summed E-state index contributed by atoms with van der Waals surface area (Å²) in [4.78, 5) is 11.0. The molecule has 2 N–H and O–H groups in total. The van der Waals surface area contributed by atoms with E-state index in [9.17, 15) is 4.79 Å². The summed E-state index contributed by atoms with van der Waals surface area (Å²) in [5, 5.41) is 0. The quantitative estimate of drug-likeness (QED) is 0.433. The van der Waals surface area contributed by atoms with Crippen molar-refractivity contribution in [3.8, 4) is 0 Å². The fourth-order valence-electron chi connectivity index (χ4n) is 2.55. The van der Waals surface area contributed by atoms with Crippen LogP contribution >= 0.6 is 0 Å². The highest BCUT2D eigenvalue weighted by atomic mass is 79.9. The third-order valence-electron chi connectivity index (χ3n) is 3.95. The number of carbonyl (C=O) groups excluding carboxylic acids is 1. The van der Waals surface area contributed by atoms with Crippen molar-refractivity contribution < 1.29 is 26.3 Å². The summed E-state index contributed by atoms with van der Waals surface area (Å²) in [7, 11) is 0. The fourth-order valence-corrected chi connectivity index (χ4v) is 2.55. The van der Waals surface area contributed by atoms with Gasteiger partial charge in [0.1, 0.15) is 6.54 Å². The molecule has 22 heavy (non-hydrogen) atoms. The van der Waals surface area contributed by atoms with Crippen molar-refractivity contribution in [2.75, 3.05) is 0 Å². The van der Waals surface area contributed by atoms with Crippen molar-refractivity contribution in [1.82, 2.24) is 0 Å². The van der Waals surface area contributed by atoms with Crippen LogP contribution in [0.2, 0.25) is 0 Å². The highest BCUT2D eigenvalue weighted by Crippen LogP contribution is 2.10. The van der Waals surface area contributed by atoms with Crippen LogP contribution in [-0.2, 0) is 6.54 Å². The second-order valence-electron chi connectivity index (χ2n) is 5.87. The number of unbranched alkanes of at least 4 members (excludes halogenated alkanes) is 9. The molecule has 0 bridgehead atoms. The molecule has 0 saturated carbocycles. The van der Waals surface area contributed by atoms with E-state index < -0.39 is 0 Å². The van der Waals surface area contributed by atoms with E-state index >= 15 is 0 Å². The molecule has 0 saturated heterocycles. The number of amides is 1. The van der Waals surface area contributed by atoms with E-state index in [1.54, 1.807) is 12.1 Å². The first-order valence-corrected chi connectivity index (χ1v) is 8.53. The van der Waals surface area contributed by atoms with E-state index in [1.165, 1.54) is 64.2 Å². The molecule has 0 unspecified atom stereocenters. The van der Waals surface area contributed by atoms with Crippen molar-refractivity contribution in [2.45, 2.75) is 77.7 Å². The molecular formula is C18H31BrN2O. The molecule has 0 aliphatic heterocycles. The second kappa shape index (κ2) is 13.7. The molecule has 1 rings (SSSR count). The molecule has 1 aromatic rings. The van der Waals surface area contributed by atoms with Gasteiger partial charge in [-0.15, -0.1) is 0 Å². The average Bonchev–Trinajstić information content (AvgIpc) is 2.49. The Labute approximate surface area is 146 Å². The van der Waals surface area contributed by atoms with Crippen LogP contribution in [0.25, 0.3) is 0 Å². The Kier molecular flexibility index (Phi) is 13.2. The Bertz CT molecular complexity index is 393. The van der Waals surface area contributed by atoms with Crippen molar-refractivity contribution in [3.63, 3.8) is 0 Å². The molecule has 0 spiro atoms. The molecule has 0 atom stereocenters. The number of carbonyl (C=O) groups is 1. The van der Waals surface area contributed by atoms with Gasteiger partial charge in [-0.1, -0.05) is 58.3 Å². The number of halogens is 1. The van der Waals surface area contributed by atoms with Gasteiger partial charge in [-0.2, -0.15) is 0 Å². The number of pyridine rings is 1. The highest BCUT2D eigenvalue weighted by Gasteiger charge is 2.04. The lowest BCUT2D eigenvalue weighted by molar-refractivity contribution is -0.697. The maximum absolute atomic E-state index is 11.0. The summed E-state index contributed by atoms with van der Waals surface area (Å²) >= 11 is 0.